The standard InChI is InChI=1S/C18H20N4O2/c19-18(24)22(17(23)14-8-3-1-4-9-14)15-10-7-11-20-16(15)21-12-5-2-6-13-21/h1,3-4,7-11H,2,5-6,12-13H2,(H2,19,24). The van der Waals surface area contributed by atoms with E-state index in [1.165, 1.54) is 6.42 Å². The van der Waals surface area contributed by atoms with Gasteiger partial charge in [0.25, 0.3) is 5.91 Å². The van der Waals surface area contributed by atoms with Crippen LogP contribution < -0.4 is 15.5 Å². The first kappa shape index (κ1) is 16.0. The number of anilines is 2. The first-order valence-corrected chi connectivity index (χ1v) is 8.07. The number of primary amides is 1. The number of rotatable bonds is 3. The fourth-order valence-corrected chi connectivity index (χ4v) is 2.95. The third-order valence-corrected chi connectivity index (χ3v) is 4.11. The Labute approximate surface area is 140 Å². The largest absolute Gasteiger partial charge is 0.355 e. The molecule has 1 aromatic heterocycles. The number of hydrogen-bond donors (Lipinski definition) is 1. The molecule has 6 heteroatoms. The molecular formula is C18H20N4O2. The van der Waals surface area contributed by atoms with Crippen molar-refractivity contribution in [3.8, 4) is 0 Å². The van der Waals surface area contributed by atoms with Crippen molar-refractivity contribution in [3.05, 3.63) is 54.2 Å². The summed E-state index contributed by atoms with van der Waals surface area (Å²) < 4.78 is 0. The van der Waals surface area contributed by atoms with Crippen molar-refractivity contribution in [1.82, 2.24) is 4.98 Å². The van der Waals surface area contributed by atoms with E-state index in [1.54, 1.807) is 42.6 Å². The highest BCUT2D eigenvalue weighted by Gasteiger charge is 2.27. The van der Waals surface area contributed by atoms with Gasteiger partial charge in [-0.2, -0.15) is 0 Å². The van der Waals surface area contributed by atoms with E-state index in [1.807, 2.05) is 6.07 Å². The van der Waals surface area contributed by atoms with Gasteiger partial charge in [-0.15, -0.1) is 0 Å². The summed E-state index contributed by atoms with van der Waals surface area (Å²) in [5.41, 5.74) is 6.36. The molecule has 1 aromatic carbocycles. The van der Waals surface area contributed by atoms with Crippen molar-refractivity contribution in [1.29, 1.82) is 0 Å². The van der Waals surface area contributed by atoms with Crippen molar-refractivity contribution in [2.24, 2.45) is 5.73 Å². The molecule has 3 rings (SSSR count). The second-order valence-corrected chi connectivity index (χ2v) is 5.74. The number of urea groups is 1. The smallest absolute Gasteiger partial charge is 0.326 e. The summed E-state index contributed by atoms with van der Waals surface area (Å²) in [5.74, 6) is 0.176. The van der Waals surface area contributed by atoms with Gasteiger partial charge >= 0.3 is 6.03 Å². The highest BCUT2D eigenvalue weighted by atomic mass is 16.2. The fourth-order valence-electron chi connectivity index (χ4n) is 2.95. The van der Waals surface area contributed by atoms with Gasteiger partial charge in [0, 0.05) is 24.8 Å². The van der Waals surface area contributed by atoms with E-state index in [-0.39, 0.29) is 0 Å². The Balaban J connectivity index is 2.00. The third-order valence-electron chi connectivity index (χ3n) is 4.11. The minimum Gasteiger partial charge on any atom is -0.355 e. The Hall–Kier alpha value is -2.89. The number of imide groups is 1. The number of hydrogen-bond acceptors (Lipinski definition) is 4. The molecule has 0 atom stereocenters. The zero-order valence-electron chi connectivity index (χ0n) is 13.4. The molecular weight excluding hydrogens is 304 g/mol. The minimum atomic E-state index is -0.810. The molecule has 0 aliphatic carbocycles. The summed E-state index contributed by atoms with van der Waals surface area (Å²) in [6, 6.07) is 11.2. The van der Waals surface area contributed by atoms with Crippen LogP contribution in [0, 0.1) is 0 Å². The van der Waals surface area contributed by atoms with E-state index in [2.05, 4.69) is 9.88 Å². The molecule has 124 valence electrons. The quantitative estimate of drug-likeness (QED) is 0.941. The molecule has 0 saturated carbocycles. The molecule has 1 saturated heterocycles. The van der Waals surface area contributed by atoms with Crippen LogP contribution in [0.3, 0.4) is 0 Å². The molecule has 0 radical (unpaired) electrons. The van der Waals surface area contributed by atoms with Crippen molar-refractivity contribution < 1.29 is 9.59 Å². The van der Waals surface area contributed by atoms with E-state index in [0.29, 0.717) is 17.1 Å². The molecule has 3 amide bonds. The summed E-state index contributed by atoms with van der Waals surface area (Å²) in [6.07, 6.45) is 4.99. The number of pyridine rings is 1. The van der Waals surface area contributed by atoms with Crippen LogP contribution in [0.5, 0.6) is 0 Å². The van der Waals surface area contributed by atoms with Crippen molar-refractivity contribution >= 4 is 23.4 Å². The highest BCUT2D eigenvalue weighted by Crippen LogP contribution is 2.30. The normalized spacial score (nSPS) is 14.2. The molecule has 2 aromatic rings. The van der Waals surface area contributed by atoms with Crippen LogP contribution >= 0.6 is 0 Å². The summed E-state index contributed by atoms with van der Waals surface area (Å²) in [5, 5.41) is 0. The first-order chi connectivity index (χ1) is 11.7. The lowest BCUT2D eigenvalue weighted by Crippen LogP contribution is -2.42. The number of aromatic nitrogens is 1. The molecule has 0 spiro atoms. The van der Waals surface area contributed by atoms with Crippen LogP contribution in [0.25, 0.3) is 0 Å². The number of nitrogens with zero attached hydrogens (tertiary/aromatic N) is 3. The molecule has 1 aliphatic heterocycles. The van der Waals surface area contributed by atoms with E-state index in [9.17, 15) is 9.59 Å². The van der Waals surface area contributed by atoms with Gasteiger partial charge in [-0.1, -0.05) is 18.2 Å². The summed E-state index contributed by atoms with van der Waals surface area (Å²) in [6.45, 7) is 1.71. The fraction of sp³-hybridized carbons (Fsp3) is 0.278. The summed E-state index contributed by atoms with van der Waals surface area (Å²) in [7, 11) is 0. The second kappa shape index (κ2) is 7.12. The van der Waals surface area contributed by atoms with Gasteiger partial charge < -0.3 is 10.6 Å². The summed E-state index contributed by atoms with van der Waals surface area (Å²) in [4.78, 5) is 32.3. The lowest BCUT2D eigenvalue weighted by Gasteiger charge is -2.31. The average molecular weight is 324 g/mol. The van der Waals surface area contributed by atoms with Crippen LogP contribution in [0.4, 0.5) is 16.3 Å². The van der Waals surface area contributed by atoms with Crippen LogP contribution in [-0.2, 0) is 0 Å². The molecule has 0 unspecified atom stereocenters. The number of benzene rings is 1. The zero-order valence-corrected chi connectivity index (χ0v) is 13.4. The van der Waals surface area contributed by atoms with Gasteiger partial charge in [-0.25, -0.2) is 14.7 Å². The maximum absolute atomic E-state index is 12.8. The second-order valence-electron chi connectivity index (χ2n) is 5.74. The molecule has 0 bridgehead atoms. The highest BCUT2D eigenvalue weighted by molar-refractivity contribution is 6.21. The van der Waals surface area contributed by atoms with Crippen molar-refractivity contribution in [2.45, 2.75) is 19.3 Å². The van der Waals surface area contributed by atoms with Crippen molar-refractivity contribution in [2.75, 3.05) is 22.9 Å². The number of amides is 3. The van der Waals surface area contributed by atoms with Gasteiger partial charge in [0.1, 0.15) is 0 Å². The Morgan fingerprint density at radius 1 is 1.00 bits per heavy atom. The van der Waals surface area contributed by atoms with Gasteiger partial charge in [-0.05, 0) is 43.5 Å². The molecule has 1 fully saturated rings. The van der Waals surface area contributed by atoms with Crippen LogP contribution in [0.1, 0.15) is 29.6 Å². The Morgan fingerprint density at radius 3 is 2.38 bits per heavy atom. The van der Waals surface area contributed by atoms with E-state index in [0.717, 1.165) is 30.8 Å². The van der Waals surface area contributed by atoms with Gasteiger partial charge in [0.05, 0.1) is 5.69 Å². The molecule has 6 nitrogen and oxygen atoms in total. The van der Waals surface area contributed by atoms with Gasteiger partial charge in [-0.3, -0.25) is 4.79 Å². The van der Waals surface area contributed by atoms with Gasteiger partial charge in [0.2, 0.25) is 0 Å². The lowest BCUT2D eigenvalue weighted by molar-refractivity contribution is 0.0995. The Kier molecular flexibility index (Phi) is 4.74. The predicted molar refractivity (Wildman–Crippen MR) is 93.1 cm³/mol. The topological polar surface area (TPSA) is 79.5 Å². The minimum absolute atomic E-state index is 0.407. The number of nitrogens with two attached hydrogens (primary N) is 1. The lowest BCUT2D eigenvalue weighted by atomic mass is 10.1. The van der Waals surface area contributed by atoms with E-state index < -0.39 is 11.9 Å². The van der Waals surface area contributed by atoms with Crippen LogP contribution in [0.2, 0.25) is 0 Å². The zero-order chi connectivity index (χ0) is 16.9. The monoisotopic (exact) mass is 324 g/mol. The van der Waals surface area contributed by atoms with Crippen LogP contribution in [0.15, 0.2) is 48.7 Å². The SMILES string of the molecule is NC(=O)N(C(=O)c1ccccc1)c1cccnc1N1CCCCC1. The summed E-state index contributed by atoms with van der Waals surface area (Å²) >= 11 is 0. The first-order valence-electron chi connectivity index (χ1n) is 8.07. The third kappa shape index (κ3) is 3.22. The van der Waals surface area contributed by atoms with E-state index >= 15 is 0 Å². The Bertz CT molecular complexity index is 727. The molecule has 24 heavy (non-hydrogen) atoms. The predicted octanol–water partition coefficient (Wildman–Crippen LogP) is 2.80. The number of carbonyl (C=O) groups excluding carboxylic acids is 2. The van der Waals surface area contributed by atoms with Gasteiger partial charge in [0.15, 0.2) is 5.82 Å². The van der Waals surface area contributed by atoms with E-state index in [4.69, 9.17) is 5.73 Å². The molecule has 2 heterocycles. The molecule has 1 aliphatic rings. The number of carbonyl (C=O) groups is 2. The number of piperidine rings is 1. The maximum atomic E-state index is 12.8. The Morgan fingerprint density at radius 2 is 1.71 bits per heavy atom. The average Bonchev–Trinajstić information content (AvgIpc) is 2.63. The van der Waals surface area contributed by atoms with Crippen molar-refractivity contribution in [3.63, 3.8) is 0 Å². The maximum Gasteiger partial charge on any atom is 0.326 e. The molecule has 2 N–H and O–H groups in total. The van der Waals surface area contributed by atoms with Crippen LogP contribution in [-0.4, -0.2) is 30.0 Å².